The Bertz CT molecular complexity index is 1500. The summed E-state index contributed by atoms with van der Waals surface area (Å²) in [5.74, 6) is -2.13. The summed E-state index contributed by atoms with van der Waals surface area (Å²) in [5.41, 5.74) is -1.52. The number of anilines is 1. The molecule has 228 valence electrons. The molecule has 2 aliphatic rings. The molecule has 0 spiro atoms. The summed E-state index contributed by atoms with van der Waals surface area (Å²) in [4.78, 5) is 30.4. The van der Waals surface area contributed by atoms with Gasteiger partial charge in [-0.3, -0.25) is 14.7 Å². The topological polar surface area (TPSA) is 133 Å². The van der Waals surface area contributed by atoms with E-state index in [0.717, 1.165) is 6.07 Å². The van der Waals surface area contributed by atoms with Crippen molar-refractivity contribution in [2.45, 2.75) is 39.3 Å². The lowest BCUT2D eigenvalue weighted by Crippen LogP contribution is -2.55. The number of hydrazone groups is 1. The Hall–Kier alpha value is -4.66. The third-order valence-electron chi connectivity index (χ3n) is 7.49. The zero-order valence-electron chi connectivity index (χ0n) is 24.3. The van der Waals surface area contributed by atoms with Crippen LogP contribution < -0.4 is 4.90 Å². The molecule has 43 heavy (non-hydrogen) atoms. The summed E-state index contributed by atoms with van der Waals surface area (Å²) in [6, 6.07) is 8.66. The molecule has 2 atom stereocenters. The van der Waals surface area contributed by atoms with Gasteiger partial charge in [-0.2, -0.15) is 5.10 Å². The monoisotopic (exact) mass is 597 g/mol. The lowest BCUT2D eigenvalue weighted by Gasteiger charge is -2.41. The van der Waals surface area contributed by atoms with Gasteiger partial charge in [0, 0.05) is 30.4 Å². The van der Waals surface area contributed by atoms with E-state index in [4.69, 9.17) is 4.74 Å². The molecule has 15 heteroatoms. The summed E-state index contributed by atoms with van der Waals surface area (Å²) in [6.07, 6.45) is 2.90. The smallest absolute Gasteiger partial charge is 0.324 e. The van der Waals surface area contributed by atoms with Crippen LogP contribution in [0.2, 0.25) is 0 Å². The number of hydrogen-bond acceptors (Lipinski definition) is 10. The van der Waals surface area contributed by atoms with Gasteiger partial charge in [0.1, 0.15) is 36.6 Å². The fourth-order valence-corrected chi connectivity index (χ4v) is 4.99. The minimum Gasteiger partial charge on any atom is -0.444 e. The zero-order valence-corrected chi connectivity index (χ0v) is 24.3. The molecule has 1 aromatic heterocycles. The lowest BCUT2D eigenvalue weighted by molar-refractivity contribution is -0.156. The molecule has 0 saturated carbocycles. The van der Waals surface area contributed by atoms with Crippen molar-refractivity contribution in [1.29, 1.82) is 0 Å². The van der Waals surface area contributed by atoms with Crippen molar-refractivity contribution < 1.29 is 28.2 Å². The number of carbonyl (C=O) groups is 2. The first-order valence-electron chi connectivity index (χ1n) is 13.7. The molecule has 0 unspecified atom stereocenters. The van der Waals surface area contributed by atoms with E-state index in [1.807, 2.05) is 0 Å². The number of halogens is 2. The Labute approximate surface area is 246 Å². The number of tetrazole rings is 1. The molecular formula is C28H33F2N9O4. The summed E-state index contributed by atoms with van der Waals surface area (Å²) < 4.78 is 35.9. The average molecular weight is 598 g/mol. The number of ether oxygens (including phenoxy) is 1. The normalized spacial score (nSPS) is 17.5. The van der Waals surface area contributed by atoms with E-state index < -0.39 is 28.7 Å². The highest BCUT2D eigenvalue weighted by atomic mass is 19.1. The van der Waals surface area contributed by atoms with Crippen LogP contribution in [0.5, 0.6) is 0 Å². The van der Waals surface area contributed by atoms with Crippen molar-refractivity contribution in [3.05, 3.63) is 66.0 Å². The minimum absolute atomic E-state index is 0.0687. The predicted molar refractivity (Wildman–Crippen MR) is 151 cm³/mol. The number of hydrogen-bond donors (Lipinski definition) is 1. The van der Waals surface area contributed by atoms with E-state index in [2.05, 4.69) is 20.6 Å². The van der Waals surface area contributed by atoms with Gasteiger partial charge in [-0.15, -0.1) is 5.10 Å². The first kappa shape index (κ1) is 29.8. The molecule has 0 radical (unpaired) electrons. The SMILES string of the molecule is C[C@@H](N1CCN(c2ccc(-n3cnnn3)cc2)C1=O)[C@](O)(CN1CN(COC(=O)C(C)(C)C)C=N1)c1ccc(F)cc1F. The molecule has 1 fully saturated rings. The molecule has 1 N–H and O–H groups in total. The Kier molecular flexibility index (Phi) is 8.01. The number of carbonyl (C=O) groups excluding carboxylic acids is 2. The fourth-order valence-electron chi connectivity index (χ4n) is 4.99. The Balaban J connectivity index is 1.34. The van der Waals surface area contributed by atoms with Crippen molar-refractivity contribution in [3.63, 3.8) is 0 Å². The minimum atomic E-state index is -2.00. The summed E-state index contributed by atoms with van der Waals surface area (Å²) in [6.45, 7) is 7.24. The maximum atomic E-state index is 15.2. The van der Waals surface area contributed by atoms with Crippen molar-refractivity contribution in [3.8, 4) is 5.69 Å². The zero-order chi connectivity index (χ0) is 30.9. The van der Waals surface area contributed by atoms with Gasteiger partial charge < -0.3 is 19.6 Å². The van der Waals surface area contributed by atoms with Gasteiger partial charge in [0.05, 0.1) is 23.7 Å². The predicted octanol–water partition coefficient (Wildman–Crippen LogP) is 2.52. The molecule has 3 heterocycles. The molecule has 13 nitrogen and oxygen atoms in total. The maximum absolute atomic E-state index is 15.2. The van der Waals surface area contributed by atoms with Crippen LogP contribution in [-0.4, -0.2) is 97.5 Å². The van der Waals surface area contributed by atoms with Crippen LogP contribution >= 0.6 is 0 Å². The van der Waals surface area contributed by atoms with Crippen LogP contribution in [0.25, 0.3) is 5.69 Å². The molecule has 1 saturated heterocycles. The molecule has 2 aliphatic heterocycles. The largest absolute Gasteiger partial charge is 0.444 e. The van der Waals surface area contributed by atoms with E-state index in [1.165, 1.54) is 33.3 Å². The van der Waals surface area contributed by atoms with Gasteiger partial charge in [-0.25, -0.2) is 18.3 Å². The highest BCUT2D eigenvalue weighted by molar-refractivity contribution is 5.94. The van der Waals surface area contributed by atoms with E-state index in [9.17, 15) is 19.1 Å². The van der Waals surface area contributed by atoms with Gasteiger partial charge in [-0.05, 0) is 68.5 Å². The second kappa shape index (κ2) is 11.6. The van der Waals surface area contributed by atoms with Gasteiger partial charge >= 0.3 is 12.0 Å². The molecule has 2 aromatic carbocycles. The molecule has 3 aromatic rings. The number of rotatable bonds is 9. The number of β-amino-alcohol motifs (C(OH)–C–C–N with tert-alkyl or cyclic N) is 1. The van der Waals surface area contributed by atoms with Crippen LogP contribution in [0.3, 0.4) is 0 Å². The van der Waals surface area contributed by atoms with Crippen LogP contribution in [0.15, 0.2) is 53.9 Å². The molecule has 2 amide bonds. The van der Waals surface area contributed by atoms with Crippen LogP contribution in [-0.2, 0) is 15.1 Å². The second-order valence-corrected chi connectivity index (χ2v) is 11.6. The molecular weight excluding hydrogens is 564 g/mol. The number of amides is 2. The maximum Gasteiger partial charge on any atom is 0.324 e. The van der Waals surface area contributed by atoms with Crippen LogP contribution in [0.4, 0.5) is 19.3 Å². The molecule has 5 rings (SSSR count). The van der Waals surface area contributed by atoms with Crippen molar-refractivity contribution >= 4 is 24.0 Å². The number of aromatic nitrogens is 4. The first-order valence-corrected chi connectivity index (χ1v) is 13.7. The highest BCUT2D eigenvalue weighted by Gasteiger charge is 2.47. The standard InChI is InChI=1S/C28H33F2N9O4/c1-19(37-11-12-38(26(37)41)21-6-8-22(9-7-21)39-15-31-33-34-39)28(42,23-10-5-20(29)13-24(23)30)14-36-17-35(16-32-36)18-43-25(40)27(2,3)4/h5-10,13,15-16,19,42H,11-12,14,17-18H2,1-4H3/t19-,28-/m1/s1. The lowest BCUT2D eigenvalue weighted by atomic mass is 9.85. The summed E-state index contributed by atoms with van der Waals surface area (Å²) in [7, 11) is 0. The van der Waals surface area contributed by atoms with Crippen LogP contribution in [0.1, 0.15) is 33.3 Å². The van der Waals surface area contributed by atoms with E-state index in [-0.39, 0.29) is 44.1 Å². The van der Waals surface area contributed by atoms with Gasteiger partial charge in [0.2, 0.25) is 0 Å². The number of benzene rings is 2. The highest BCUT2D eigenvalue weighted by Crippen LogP contribution is 2.35. The Morgan fingerprint density at radius 1 is 1.09 bits per heavy atom. The molecule has 0 bridgehead atoms. The van der Waals surface area contributed by atoms with E-state index in [1.54, 1.807) is 61.8 Å². The van der Waals surface area contributed by atoms with Gasteiger partial charge in [0.15, 0.2) is 6.73 Å². The van der Waals surface area contributed by atoms with Gasteiger partial charge in [0.25, 0.3) is 0 Å². The quantitative estimate of drug-likeness (QED) is 0.370. The number of aliphatic hydroxyl groups is 1. The first-order chi connectivity index (χ1) is 20.4. The van der Waals surface area contributed by atoms with Crippen molar-refractivity contribution in [2.24, 2.45) is 10.5 Å². The Morgan fingerprint density at radius 3 is 2.47 bits per heavy atom. The molecule has 0 aliphatic carbocycles. The second-order valence-electron chi connectivity index (χ2n) is 11.6. The van der Waals surface area contributed by atoms with Gasteiger partial charge in [-0.1, -0.05) is 6.07 Å². The van der Waals surface area contributed by atoms with Crippen molar-refractivity contribution in [2.75, 3.05) is 37.9 Å². The number of urea groups is 1. The van der Waals surface area contributed by atoms with Crippen LogP contribution in [0, 0.1) is 17.0 Å². The summed E-state index contributed by atoms with van der Waals surface area (Å²) in [5, 5.41) is 29.0. The van der Waals surface area contributed by atoms with E-state index >= 15 is 4.39 Å². The average Bonchev–Trinajstić information content (AvgIpc) is 3.73. The van der Waals surface area contributed by atoms with E-state index in [0.29, 0.717) is 24.0 Å². The Morgan fingerprint density at radius 2 is 1.81 bits per heavy atom. The summed E-state index contributed by atoms with van der Waals surface area (Å²) >= 11 is 0. The fraction of sp³-hybridized carbons (Fsp3) is 0.429. The third-order valence-corrected chi connectivity index (χ3v) is 7.49. The van der Waals surface area contributed by atoms with Crippen molar-refractivity contribution in [1.82, 2.24) is 35.0 Å². The third kappa shape index (κ3) is 6.11. The number of nitrogens with zero attached hydrogens (tertiary/aromatic N) is 9. The number of esters is 1.